The van der Waals surface area contributed by atoms with Gasteiger partial charge in [0.15, 0.2) is 22.9 Å². The Kier molecular flexibility index (Phi) is 9.49. The molecule has 244 valence electrons. The Morgan fingerprint density at radius 1 is 0.911 bits per heavy atom. The number of H-pyrrole nitrogens is 1. The monoisotopic (exact) mass is 666 g/mol. The molecule has 1 saturated heterocycles. The number of rotatable bonds is 10. The molecular weight excluding hydrogens is 617 g/mol. The molecule has 9 nitrogen and oxygen atoms in total. The third kappa shape index (κ3) is 6.96. The summed E-state index contributed by atoms with van der Waals surface area (Å²) in [6.45, 7) is 22.9. The lowest BCUT2D eigenvalue weighted by Crippen LogP contribution is -2.53. The maximum atomic E-state index is 7.30. The second kappa shape index (κ2) is 12.6. The van der Waals surface area contributed by atoms with Crippen LogP contribution in [-0.2, 0) is 19.3 Å². The number of nitrogen functional groups attached to an aromatic ring is 1. The van der Waals surface area contributed by atoms with Gasteiger partial charge >= 0.3 is 0 Å². The van der Waals surface area contributed by atoms with Gasteiger partial charge in [-0.1, -0.05) is 71.9 Å². The SMILES string of the molecule is CC(C)(C)[Si](C)(C)O[C@@H]1[C@H](O[Si](C)(C)C(C)(C)C)[C@@H](CSCc2[nH]cnc2-c2ccccc2)O[C@H]1n1ccc2c(N)ncnc21. The number of nitrogens with zero attached hydrogens (tertiary/aromatic N) is 4. The van der Waals surface area contributed by atoms with E-state index >= 15 is 0 Å². The van der Waals surface area contributed by atoms with Crippen LogP contribution in [0.25, 0.3) is 22.3 Å². The van der Waals surface area contributed by atoms with Crippen molar-refractivity contribution in [2.75, 3.05) is 11.5 Å². The van der Waals surface area contributed by atoms with Gasteiger partial charge in [0.2, 0.25) is 0 Å². The minimum absolute atomic E-state index is 0.00568. The van der Waals surface area contributed by atoms with Crippen molar-refractivity contribution in [3.63, 3.8) is 0 Å². The maximum absolute atomic E-state index is 7.30. The van der Waals surface area contributed by atoms with Crippen LogP contribution in [-0.4, -0.2) is 65.2 Å². The van der Waals surface area contributed by atoms with Gasteiger partial charge in [0.05, 0.1) is 29.2 Å². The molecular formula is C33H50N6O3SSi2. The van der Waals surface area contributed by atoms with Crippen molar-refractivity contribution in [2.45, 2.75) is 108 Å². The van der Waals surface area contributed by atoms with E-state index in [0.717, 1.165) is 39.5 Å². The van der Waals surface area contributed by atoms with Crippen LogP contribution in [0.1, 0.15) is 53.5 Å². The van der Waals surface area contributed by atoms with Gasteiger partial charge in [-0.3, -0.25) is 0 Å². The highest BCUT2D eigenvalue weighted by Crippen LogP contribution is 2.47. The number of aromatic nitrogens is 5. The van der Waals surface area contributed by atoms with Crippen LogP contribution in [0.15, 0.2) is 55.2 Å². The van der Waals surface area contributed by atoms with Crippen LogP contribution in [0.5, 0.6) is 0 Å². The first kappa shape index (κ1) is 33.9. The average molecular weight is 667 g/mol. The number of nitrogens with two attached hydrogens (primary N) is 1. The van der Waals surface area contributed by atoms with E-state index in [2.05, 4.69) is 104 Å². The first-order valence-electron chi connectivity index (χ1n) is 15.7. The Bertz CT molecular complexity index is 1600. The fourth-order valence-electron chi connectivity index (χ4n) is 5.12. The lowest BCUT2D eigenvalue weighted by molar-refractivity contribution is -0.0244. The molecule has 0 saturated carbocycles. The summed E-state index contributed by atoms with van der Waals surface area (Å²) in [6, 6.07) is 12.3. The van der Waals surface area contributed by atoms with E-state index in [1.807, 2.05) is 42.2 Å². The molecule has 4 atom stereocenters. The fraction of sp³-hybridized carbons (Fsp3) is 0.545. The lowest BCUT2D eigenvalue weighted by atomic mass is 10.1. The van der Waals surface area contributed by atoms with E-state index < -0.39 is 22.9 Å². The molecule has 4 aromatic rings. The molecule has 0 bridgehead atoms. The molecule has 4 heterocycles. The Hall–Kier alpha value is -2.49. The molecule has 45 heavy (non-hydrogen) atoms. The normalized spacial score (nSPS) is 21.6. The summed E-state index contributed by atoms with van der Waals surface area (Å²) in [5, 5.41) is 0.831. The number of hydrogen-bond acceptors (Lipinski definition) is 8. The van der Waals surface area contributed by atoms with E-state index in [-0.39, 0.29) is 28.4 Å². The third-order valence-electron chi connectivity index (χ3n) is 9.87. The van der Waals surface area contributed by atoms with Crippen LogP contribution < -0.4 is 5.73 Å². The lowest BCUT2D eigenvalue weighted by Gasteiger charge is -2.44. The minimum atomic E-state index is -2.25. The van der Waals surface area contributed by atoms with Crippen LogP contribution >= 0.6 is 11.8 Å². The Labute approximate surface area is 274 Å². The quantitative estimate of drug-likeness (QED) is 0.164. The highest BCUT2D eigenvalue weighted by atomic mass is 32.2. The zero-order valence-corrected chi connectivity index (χ0v) is 31.2. The standard InChI is InChI=1S/C33H50N6O3SSi2/c1-32(2,3)44(7,8)41-27-25(19-43-18-24-26(36-20-35-24)22-14-12-11-13-15-22)40-31(28(27)42-45(9,10)33(4,5)6)39-17-16-23-29(34)37-21-38-30(23)39/h11-17,20-21,25,27-28,31H,18-19H2,1-10H3,(H,35,36)(H2,34,37,38)/t25-,27-,28-,31-/m1/s1. The van der Waals surface area contributed by atoms with Gasteiger partial charge in [-0.05, 0) is 42.3 Å². The molecule has 0 spiro atoms. The number of anilines is 1. The van der Waals surface area contributed by atoms with Gasteiger partial charge in [0.25, 0.3) is 0 Å². The summed E-state index contributed by atoms with van der Waals surface area (Å²) in [4.78, 5) is 16.8. The fourth-order valence-corrected chi connectivity index (χ4v) is 8.76. The Morgan fingerprint density at radius 2 is 1.56 bits per heavy atom. The van der Waals surface area contributed by atoms with Crippen molar-refractivity contribution >= 4 is 45.2 Å². The van der Waals surface area contributed by atoms with E-state index in [1.165, 1.54) is 6.33 Å². The highest BCUT2D eigenvalue weighted by molar-refractivity contribution is 7.98. The second-order valence-corrected chi connectivity index (χ2v) is 25.6. The number of fused-ring (bicyclic) bond motifs is 1. The summed E-state index contributed by atoms with van der Waals surface area (Å²) in [5.74, 6) is 1.95. The van der Waals surface area contributed by atoms with Gasteiger partial charge < -0.3 is 28.9 Å². The zero-order valence-electron chi connectivity index (χ0n) is 28.4. The largest absolute Gasteiger partial charge is 0.408 e. The number of aromatic amines is 1. The third-order valence-corrected chi connectivity index (χ3v) is 19.9. The molecule has 0 amide bonds. The van der Waals surface area contributed by atoms with Crippen LogP contribution in [0, 0.1) is 0 Å². The van der Waals surface area contributed by atoms with Gasteiger partial charge in [-0.25, -0.2) is 15.0 Å². The topological polar surface area (TPSA) is 113 Å². The van der Waals surface area contributed by atoms with Crippen molar-refractivity contribution in [3.05, 3.63) is 60.9 Å². The number of benzene rings is 1. The number of thioether (sulfide) groups is 1. The van der Waals surface area contributed by atoms with Gasteiger partial charge in [-0.2, -0.15) is 11.8 Å². The van der Waals surface area contributed by atoms with E-state index in [9.17, 15) is 0 Å². The molecule has 0 aliphatic carbocycles. The maximum Gasteiger partial charge on any atom is 0.192 e. The van der Waals surface area contributed by atoms with Crippen LogP contribution in [0.3, 0.4) is 0 Å². The molecule has 1 aliphatic heterocycles. The highest BCUT2D eigenvalue weighted by Gasteiger charge is 2.54. The number of ether oxygens (including phenoxy) is 1. The first-order valence-corrected chi connectivity index (χ1v) is 22.7. The minimum Gasteiger partial charge on any atom is -0.408 e. The molecule has 0 unspecified atom stereocenters. The summed E-state index contributed by atoms with van der Waals surface area (Å²) in [7, 11) is -4.47. The number of imidazole rings is 1. The van der Waals surface area contributed by atoms with Gasteiger partial charge in [0, 0.05) is 23.3 Å². The van der Waals surface area contributed by atoms with Crippen LogP contribution in [0.4, 0.5) is 5.82 Å². The molecule has 0 radical (unpaired) electrons. The molecule has 5 rings (SSSR count). The molecule has 1 fully saturated rings. The van der Waals surface area contributed by atoms with Crippen molar-refractivity contribution in [2.24, 2.45) is 0 Å². The smallest absolute Gasteiger partial charge is 0.192 e. The second-order valence-electron chi connectivity index (χ2n) is 15.1. The van der Waals surface area contributed by atoms with Crippen molar-refractivity contribution in [3.8, 4) is 11.3 Å². The number of nitrogens with one attached hydrogen (secondary N) is 1. The van der Waals surface area contributed by atoms with E-state index in [4.69, 9.17) is 19.3 Å². The molecule has 12 heteroatoms. The van der Waals surface area contributed by atoms with Crippen LogP contribution in [0.2, 0.25) is 36.3 Å². The summed E-state index contributed by atoms with van der Waals surface area (Å²) < 4.78 is 23.7. The average Bonchev–Trinajstić information content (AvgIpc) is 3.67. The summed E-state index contributed by atoms with van der Waals surface area (Å²) in [5.41, 5.74) is 10.2. The number of hydrogen-bond donors (Lipinski definition) is 2. The van der Waals surface area contributed by atoms with Gasteiger partial charge in [-0.15, -0.1) is 0 Å². The van der Waals surface area contributed by atoms with E-state index in [0.29, 0.717) is 5.82 Å². The predicted octanol–water partition coefficient (Wildman–Crippen LogP) is 8.02. The van der Waals surface area contributed by atoms with Crippen molar-refractivity contribution in [1.82, 2.24) is 24.5 Å². The first-order chi connectivity index (χ1) is 21.0. The molecule has 1 aliphatic rings. The molecule has 3 aromatic heterocycles. The summed E-state index contributed by atoms with van der Waals surface area (Å²) in [6.07, 6.45) is 4.06. The predicted molar refractivity (Wildman–Crippen MR) is 190 cm³/mol. The zero-order chi connectivity index (χ0) is 32.8. The Balaban J connectivity index is 1.50. The molecule has 3 N–H and O–H groups in total. The van der Waals surface area contributed by atoms with Gasteiger partial charge in [0.1, 0.15) is 30.0 Å². The summed E-state index contributed by atoms with van der Waals surface area (Å²) >= 11 is 1.83. The van der Waals surface area contributed by atoms with E-state index in [1.54, 1.807) is 6.33 Å². The van der Waals surface area contributed by atoms with Crippen molar-refractivity contribution in [1.29, 1.82) is 0 Å². The van der Waals surface area contributed by atoms with Crippen molar-refractivity contribution < 1.29 is 13.6 Å². The Morgan fingerprint density at radius 3 is 2.20 bits per heavy atom. The molecule has 1 aromatic carbocycles.